The Morgan fingerprint density at radius 1 is 1.15 bits per heavy atom. The van der Waals surface area contributed by atoms with E-state index in [1.807, 2.05) is 18.2 Å². The van der Waals surface area contributed by atoms with Gasteiger partial charge in [0.1, 0.15) is 15.9 Å². The van der Waals surface area contributed by atoms with Crippen molar-refractivity contribution in [3.63, 3.8) is 0 Å². The van der Waals surface area contributed by atoms with Crippen LogP contribution in [0.5, 0.6) is 0 Å². The quantitative estimate of drug-likeness (QED) is 0.671. The first kappa shape index (κ1) is 13.6. The third-order valence-corrected chi connectivity index (χ3v) is 4.35. The van der Waals surface area contributed by atoms with Crippen molar-refractivity contribution in [1.82, 2.24) is 15.0 Å². The lowest BCUT2D eigenvalue weighted by Crippen LogP contribution is -1.86. The van der Waals surface area contributed by atoms with Gasteiger partial charge in [0.2, 0.25) is 5.89 Å². The molecule has 0 amide bonds. The summed E-state index contributed by atoms with van der Waals surface area (Å²) in [6.07, 6.45) is 6.44. The number of halogens is 2. The minimum absolute atomic E-state index is 0.499. The minimum Gasteiger partial charge on any atom is -0.444 e. The van der Waals surface area contributed by atoms with Gasteiger partial charge in [0.05, 0.1) is 29.2 Å². The van der Waals surface area contributed by atoms with Gasteiger partial charge < -0.3 is 4.42 Å². The molecule has 0 fully saturated rings. The number of rotatable bonds is 3. The van der Waals surface area contributed by atoms with Crippen LogP contribution < -0.4 is 0 Å². The van der Waals surface area contributed by atoms with Crippen LogP contribution in [0.2, 0.25) is 5.02 Å². The first-order chi connectivity index (χ1) is 9.74. The zero-order valence-electron chi connectivity index (χ0n) is 9.96. The van der Waals surface area contributed by atoms with E-state index < -0.39 is 0 Å². The molecule has 0 aliphatic carbocycles. The summed E-state index contributed by atoms with van der Waals surface area (Å²) in [6, 6.07) is 5.69. The van der Waals surface area contributed by atoms with Gasteiger partial charge in [-0.1, -0.05) is 29.4 Å². The van der Waals surface area contributed by atoms with Gasteiger partial charge in [-0.15, -0.1) is 0 Å². The van der Waals surface area contributed by atoms with Crippen molar-refractivity contribution in [3.05, 3.63) is 52.7 Å². The van der Waals surface area contributed by atoms with Crippen LogP contribution in [-0.4, -0.2) is 15.0 Å². The minimum atomic E-state index is 0.499. The molecular weight excluding hydrogens is 362 g/mol. The molecule has 0 aliphatic heterocycles. The van der Waals surface area contributed by atoms with E-state index >= 15 is 0 Å². The van der Waals surface area contributed by atoms with Crippen LogP contribution in [0.25, 0.3) is 11.5 Å². The Morgan fingerprint density at radius 2 is 2.05 bits per heavy atom. The molecular formula is C13H7BrClN3OS. The molecule has 0 aliphatic rings. The molecule has 4 nitrogen and oxygen atoms in total. The lowest BCUT2D eigenvalue weighted by atomic mass is 10.2. The lowest BCUT2D eigenvalue weighted by Gasteiger charge is -2.06. The van der Waals surface area contributed by atoms with Crippen LogP contribution in [0.4, 0.5) is 0 Å². The molecule has 2 heterocycles. The Balaban J connectivity index is 1.94. The fourth-order valence-corrected chi connectivity index (χ4v) is 2.89. The fourth-order valence-electron chi connectivity index (χ4n) is 1.58. The number of oxazole rings is 1. The summed E-state index contributed by atoms with van der Waals surface area (Å²) in [4.78, 5) is 13.4. The Labute approximate surface area is 132 Å². The molecule has 2 aromatic heterocycles. The largest absolute Gasteiger partial charge is 0.444 e. The summed E-state index contributed by atoms with van der Waals surface area (Å²) < 4.78 is 5.98. The lowest BCUT2D eigenvalue weighted by molar-refractivity contribution is 0.574. The van der Waals surface area contributed by atoms with Crippen molar-refractivity contribution in [1.29, 1.82) is 0 Å². The Hall–Kier alpha value is -1.37. The predicted octanol–water partition coefficient (Wildman–Crippen LogP) is 4.70. The summed E-state index contributed by atoms with van der Waals surface area (Å²) in [7, 11) is 0. The molecule has 1 aromatic carbocycles. The molecule has 0 bridgehead atoms. The van der Waals surface area contributed by atoms with Gasteiger partial charge in [-0.05, 0) is 28.1 Å². The first-order valence-electron chi connectivity index (χ1n) is 5.58. The van der Waals surface area contributed by atoms with Gasteiger partial charge >= 0.3 is 0 Å². The molecule has 20 heavy (non-hydrogen) atoms. The van der Waals surface area contributed by atoms with Gasteiger partial charge in [0.15, 0.2) is 0 Å². The number of nitrogens with zero attached hydrogens (tertiary/aromatic N) is 3. The van der Waals surface area contributed by atoms with Crippen molar-refractivity contribution >= 4 is 39.3 Å². The maximum Gasteiger partial charge on any atom is 0.227 e. The molecule has 0 spiro atoms. The van der Waals surface area contributed by atoms with Crippen LogP contribution >= 0.6 is 39.3 Å². The molecule has 0 atom stereocenters. The standard InChI is InChI=1S/C13H7BrClN3OS/c14-10-6-18-11(7-17-10)20-9-3-1-2-8(12(9)15)13-16-4-5-19-13/h1-7H. The number of aromatic nitrogens is 3. The first-order valence-corrected chi connectivity index (χ1v) is 7.56. The highest BCUT2D eigenvalue weighted by molar-refractivity contribution is 9.10. The topological polar surface area (TPSA) is 51.8 Å². The highest BCUT2D eigenvalue weighted by atomic mass is 79.9. The zero-order chi connectivity index (χ0) is 13.9. The van der Waals surface area contributed by atoms with E-state index in [0.29, 0.717) is 15.5 Å². The van der Waals surface area contributed by atoms with Gasteiger partial charge in [0.25, 0.3) is 0 Å². The molecule has 0 unspecified atom stereocenters. The van der Waals surface area contributed by atoms with E-state index in [-0.39, 0.29) is 0 Å². The molecule has 3 aromatic rings. The van der Waals surface area contributed by atoms with Gasteiger partial charge in [0, 0.05) is 4.90 Å². The number of hydrogen-bond donors (Lipinski definition) is 0. The third-order valence-electron chi connectivity index (χ3n) is 2.44. The van der Waals surface area contributed by atoms with Crippen molar-refractivity contribution in [2.75, 3.05) is 0 Å². The van der Waals surface area contributed by atoms with Crippen LogP contribution in [0.15, 0.2) is 62.0 Å². The normalized spacial score (nSPS) is 10.7. The molecule has 100 valence electrons. The van der Waals surface area contributed by atoms with E-state index in [1.54, 1.807) is 18.6 Å². The van der Waals surface area contributed by atoms with Crippen molar-refractivity contribution < 1.29 is 4.42 Å². The monoisotopic (exact) mass is 367 g/mol. The average molecular weight is 369 g/mol. The summed E-state index contributed by atoms with van der Waals surface area (Å²) in [5.74, 6) is 0.499. The van der Waals surface area contributed by atoms with E-state index in [2.05, 4.69) is 30.9 Å². The van der Waals surface area contributed by atoms with E-state index in [0.717, 1.165) is 15.5 Å². The number of hydrogen-bond acceptors (Lipinski definition) is 5. The smallest absolute Gasteiger partial charge is 0.227 e. The van der Waals surface area contributed by atoms with E-state index in [1.165, 1.54) is 18.0 Å². The van der Waals surface area contributed by atoms with Crippen molar-refractivity contribution in [3.8, 4) is 11.5 Å². The zero-order valence-corrected chi connectivity index (χ0v) is 13.1. The van der Waals surface area contributed by atoms with Gasteiger partial charge in [-0.2, -0.15) is 0 Å². The van der Waals surface area contributed by atoms with Crippen molar-refractivity contribution in [2.24, 2.45) is 0 Å². The van der Waals surface area contributed by atoms with Gasteiger partial charge in [-0.25, -0.2) is 15.0 Å². The molecule has 0 radical (unpaired) electrons. The second-order valence-electron chi connectivity index (χ2n) is 3.73. The summed E-state index contributed by atoms with van der Waals surface area (Å²) in [5, 5.41) is 1.35. The van der Waals surface area contributed by atoms with E-state index in [4.69, 9.17) is 16.0 Å². The fraction of sp³-hybridized carbons (Fsp3) is 0. The molecule has 0 saturated carbocycles. The molecule has 3 rings (SSSR count). The second kappa shape index (κ2) is 5.95. The maximum atomic E-state index is 6.40. The van der Waals surface area contributed by atoms with Gasteiger partial charge in [-0.3, -0.25) is 0 Å². The SMILES string of the molecule is Clc1c(Sc2cnc(Br)cn2)cccc1-c1ncco1. The summed E-state index contributed by atoms with van der Waals surface area (Å²) in [5.41, 5.74) is 0.756. The number of benzene rings is 1. The summed E-state index contributed by atoms with van der Waals surface area (Å²) >= 11 is 11.1. The highest BCUT2D eigenvalue weighted by Gasteiger charge is 2.12. The second-order valence-corrected chi connectivity index (χ2v) is 5.99. The van der Waals surface area contributed by atoms with Crippen LogP contribution in [-0.2, 0) is 0 Å². The Bertz CT molecular complexity index is 719. The highest BCUT2D eigenvalue weighted by Crippen LogP contribution is 2.37. The molecule has 7 heteroatoms. The average Bonchev–Trinajstić information content (AvgIpc) is 2.97. The predicted molar refractivity (Wildman–Crippen MR) is 80.8 cm³/mol. The molecule has 0 N–H and O–H groups in total. The summed E-state index contributed by atoms with van der Waals surface area (Å²) in [6.45, 7) is 0. The van der Waals surface area contributed by atoms with Crippen LogP contribution in [0.1, 0.15) is 0 Å². The Kier molecular flexibility index (Phi) is 4.05. The maximum absolute atomic E-state index is 6.40. The Morgan fingerprint density at radius 3 is 2.75 bits per heavy atom. The van der Waals surface area contributed by atoms with E-state index in [9.17, 15) is 0 Å². The van der Waals surface area contributed by atoms with Crippen molar-refractivity contribution in [2.45, 2.75) is 9.92 Å². The van der Waals surface area contributed by atoms with Crippen LogP contribution in [0.3, 0.4) is 0 Å². The van der Waals surface area contributed by atoms with Crippen LogP contribution in [0, 0.1) is 0 Å². The molecule has 0 saturated heterocycles. The third kappa shape index (κ3) is 2.87.